The molecule has 0 saturated carbocycles. The Balaban J connectivity index is 2.50. The maximum atomic E-state index is 5.65. The van der Waals surface area contributed by atoms with Crippen molar-refractivity contribution in [1.29, 1.82) is 0 Å². The van der Waals surface area contributed by atoms with Gasteiger partial charge in [-0.1, -0.05) is 18.5 Å². The Kier molecular flexibility index (Phi) is 2.39. The highest BCUT2D eigenvalue weighted by molar-refractivity contribution is 4.83. The van der Waals surface area contributed by atoms with Crippen LogP contribution in [0.3, 0.4) is 0 Å². The summed E-state index contributed by atoms with van der Waals surface area (Å²) in [6.45, 7) is 2.07. The van der Waals surface area contributed by atoms with Gasteiger partial charge in [-0.2, -0.15) is 4.98 Å². The highest BCUT2D eigenvalue weighted by atomic mass is 16.5. The number of hydrogen-bond donors (Lipinski definition) is 1. The van der Waals surface area contributed by atoms with Crippen LogP contribution in [0.15, 0.2) is 10.9 Å². The molecule has 4 nitrogen and oxygen atoms in total. The van der Waals surface area contributed by atoms with E-state index in [0.717, 1.165) is 12.8 Å². The van der Waals surface area contributed by atoms with Crippen molar-refractivity contribution in [2.45, 2.75) is 25.8 Å². The lowest BCUT2D eigenvalue weighted by atomic mass is 10.2. The molecule has 0 bridgehead atoms. The summed E-state index contributed by atoms with van der Waals surface area (Å²) in [6.07, 6.45) is 3.29. The van der Waals surface area contributed by atoms with E-state index in [0.29, 0.717) is 5.89 Å². The van der Waals surface area contributed by atoms with Gasteiger partial charge in [0, 0.05) is 0 Å². The van der Waals surface area contributed by atoms with Crippen LogP contribution in [-0.2, 0) is 0 Å². The summed E-state index contributed by atoms with van der Waals surface area (Å²) in [7, 11) is 0. The fourth-order valence-electron chi connectivity index (χ4n) is 0.780. The Bertz CT molecular complexity index is 173. The summed E-state index contributed by atoms with van der Waals surface area (Å²) in [5, 5.41) is 3.46. The summed E-state index contributed by atoms with van der Waals surface area (Å²) in [6, 6.07) is -0.0903. The number of hydrogen-bond acceptors (Lipinski definition) is 4. The molecule has 1 atom stereocenters. The molecule has 0 aliphatic rings. The minimum absolute atomic E-state index is 0.0903. The van der Waals surface area contributed by atoms with Gasteiger partial charge < -0.3 is 10.3 Å². The summed E-state index contributed by atoms with van der Waals surface area (Å²) >= 11 is 0. The largest absolute Gasteiger partial charge is 0.338 e. The van der Waals surface area contributed by atoms with E-state index in [9.17, 15) is 0 Å². The number of rotatable bonds is 3. The third kappa shape index (κ3) is 1.54. The van der Waals surface area contributed by atoms with Gasteiger partial charge >= 0.3 is 0 Å². The second kappa shape index (κ2) is 3.31. The molecular formula is C6H11N3O. The first kappa shape index (κ1) is 7.21. The van der Waals surface area contributed by atoms with Crippen molar-refractivity contribution >= 4 is 0 Å². The third-order valence-corrected chi connectivity index (χ3v) is 1.30. The molecule has 1 aromatic heterocycles. The maximum Gasteiger partial charge on any atom is 0.243 e. The van der Waals surface area contributed by atoms with E-state index >= 15 is 0 Å². The van der Waals surface area contributed by atoms with Crippen molar-refractivity contribution in [3.05, 3.63) is 12.2 Å². The minimum Gasteiger partial charge on any atom is -0.338 e. The molecular weight excluding hydrogens is 130 g/mol. The fraction of sp³-hybridized carbons (Fsp3) is 0.667. The second-order valence-electron chi connectivity index (χ2n) is 2.17. The smallest absolute Gasteiger partial charge is 0.243 e. The molecule has 1 aromatic rings. The van der Waals surface area contributed by atoms with E-state index in [-0.39, 0.29) is 6.04 Å². The van der Waals surface area contributed by atoms with Crippen molar-refractivity contribution in [3.63, 3.8) is 0 Å². The first-order chi connectivity index (χ1) is 4.84. The van der Waals surface area contributed by atoms with Crippen LogP contribution in [0.25, 0.3) is 0 Å². The summed E-state index contributed by atoms with van der Waals surface area (Å²) < 4.78 is 4.76. The van der Waals surface area contributed by atoms with Crippen LogP contribution in [-0.4, -0.2) is 10.1 Å². The Hall–Kier alpha value is -0.900. The predicted molar refractivity (Wildman–Crippen MR) is 36.1 cm³/mol. The van der Waals surface area contributed by atoms with E-state index in [4.69, 9.17) is 10.3 Å². The van der Waals surface area contributed by atoms with E-state index in [1.54, 1.807) is 0 Å². The quantitative estimate of drug-likeness (QED) is 0.678. The highest BCUT2D eigenvalue weighted by Crippen LogP contribution is 2.10. The van der Waals surface area contributed by atoms with Gasteiger partial charge in [0.05, 0.1) is 6.04 Å². The first-order valence-corrected chi connectivity index (χ1v) is 3.36. The molecule has 56 valence electrons. The van der Waals surface area contributed by atoms with Crippen LogP contribution >= 0.6 is 0 Å². The van der Waals surface area contributed by atoms with Gasteiger partial charge in [0.2, 0.25) is 5.89 Å². The lowest BCUT2D eigenvalue weighted by Crippen LogP contribution is -2.09. The van der Waals surface area contributed by atoms with Gasteiger partial charge in [0.1, 0.15) is 0 Å². The molecule has 0 saturated heterocycles. The van der Waals surface area contributed by atoms with Gasteiger partial charge in [-0.3, -0.25) is 0 Å². The summed E-state index contributed by atoms with van der Waals surface area (Å²) in [5.74, 6) is 0.529. The van der Waals surface area contributed by atoms with E-state index in [1.807, 2.05) is 0 Å². The molecule has 0 radical (unpaired) electrons. The number of aromatic nitrogens is 2. The van der Waals surface area contributed by atoms with Gasteiger partial charge in [-0.15, -0.1) is 0 Å². The Morgan fingerprint density at radius 2 is 2.60 bits per heavy atom. The molecule has 0 fully saturated rings. The molecule has 2 N–H and O–H groups in total. The zero-order valence-electron chi connectivity index (χ0n) is 5.95. The molecule has 4 heteroatoms. The van der Waals surface area contributed by atoms with Crippen LogP contribution in [0.2, 0.25) is 0 Å². The average Bonchev–Trinajstić information content (AvgIpc) is 2.38. The molecule has 0 aliphatic carbocycles. The number of nitrogens with zero attached hydrogens (tertiary/aromatic N) is 2. The topological polar surface area (TPSA) is 64.9 Å². The Morgan fingerprint density at radius 3 is 3.10 bits per heavy atom. The molecule has 10 heavy (non-hydrogen) atoms. The molecule has 1 rings (SSSR count). The van der Waals surface area contributed by atoms with Gasteiger partial charge in [0.15, 0.2) is 6.33 Å². The van der Waals surface area contributed by atoms with Gasteiger partial charge in [0.25, 0.3) is 0 Å². The van der Waals surface area contributed by atoms with Crippen molar-refractivity contribution in [2.24, 2.45) is 5.73 Å². The number of nitrogens with two attached hydrogens (primary N) is 1. The first-order valence-electron chi connectivity index (χ1n) is 3.36. The summed E-state index contributed by atoms with van der Waals surface area (Å²) in [5.41, 5.74) is 5.65. The van der Waals surface area contributed by atoms with Gasteiger partial charge in [-0.25, -0.2) is 0 Å². The second-order valence-corrected chi connectivity index (χ2v) is 2.17. The normalized spacial score (nSPS) is 13.4. The molecule has 0 amide bonds. The molecule has 0 aliphatic heterocycles. The highest BCUT2D eigenvalue weighted by Gasteiger charge is 2.08. The molecule has 1 unspecified atom stereocenters. The van der Waals surface area contributed by atoms with E-state index in [2.05, 4.69) is 17.1 Å². The molecule has 0 spiro atoms. The van der Waals surface area contributed by atoms with Crippen LogP contribution in [0.5, 0.6) is 0 Å². The zero-order chi connectivity index (χ0) is 7.40. The lowest BCUT2D eigenvalue weighted by Gasteiger charge is -2.01. The van der Waals surface area contributed by atoms with Crippen LogP contribution in [0.1, 0.15) is 31.7 Å². The monoisotopic (exact) mass is 141 g/mol. The third-order valence-electron chi connectivity index (χ3n) is 1.30. The zero-order valence-corrected chi connectivity index (χ0v) is 5.95. The van der Waals surface area contributed by atoms with Crippen molar-refractivity contribution in [1.82, 2.24) is 10.1 Å². The van der Waals surface area contributed by atoms with E-state index < -0.39 is 0 Å². The lowest BCUT2D eigenvalue weighted by molar-refractivity contribution is 0.347. The molecule has 0 aromatic carbocycles. The minimum atomic E-state index is -0.0903. The standard InChI is InChI=1S/C6H11N3O/c1-2-3-5(7)6-8-4-9-10-6/h4-5H,2-3,7H2,1H3. The predicted octanol–water partition coefficient (Wildman–Crippen LogP) is 0.869. The van der Waals surface area contributed by atoms with Crippen molar-refractivity contribution in [2.75, 3.05) is 0 Å². The average molecular weight is 141 g/mol. The van der Waals surface area contributed by atoms with Crippen LogP contribution in [0, 0.1) is 0 Å². The van der Waals surface area contributed by atoms with E-state index in [1.165, 1.54) is 6.33 Å². The van der Waals surface area contributed by atoms with Gasteiger partial charge in [-0.05, 0) is 6.42 Å². The van der Waals surface area contributed by atoms with Crippen molar-refractivity contribution in [3.8, 4) is 0 Å². The summed E-state index contributed by atoms with van der Waals surface area (Å²) in [4.78, 5) is 3.83. The fourth-order valence-corrected chi connectivity index (χ4v) is 0.780. The molecule has 1 heterocycles. The van der Waals surface area contributed by atoms with Crippen LogP contribution < -0.4 is 5.73 Å². The van der Waals surface area contributed by atoms with Crippen molar-refractivity contribution < 1.29 is 4.52 Å². The van der Waals surface area contributed by atoms with Crippen LogP contribution in [0.4, 0.5) is 0 Å². The Labute approximate surface area is 59.4 Å². The Morgan fingerprint density at radius 1 is 1.80 bits per heavy atom. The maximum absolute atomic E-state index is 5.65. The SMILES string of the molecule is CCCC(N)c1ncno1.